The summed E-state index contributed by atoms with van der Waals surface area (Å²) >= 11 is 0. The van der Waals surface area contributed by atoms with E-state index in [0.29, 0.717) is 17.5 Å². The van der Waals surface area contributed by atoms with Crippen molar-refractivity contribution in [3.05, 3.63) is 18.5 Å². The van der Waals surface area contributed by atoms with E-state index in [1.807, 2.05) is 11.0 Å². The molecule has 4 rings (SSSR count). The van der Waals surface area contributed by atoms with Gasteiger partial charge in [0.05, 0.1) is 11.9 Å². The summed E-state index contributed by atoms with van der Waals surface area (Å²) in [5.74, 6) is 1.32. The number of hydrogen-bond donors (Lipinski definition) is 1. The van der Waals surface area contributed by atoms with E-state index in [4.69, 9.17) is 4.74 Å². The molecule has 2 saturated heterocycles. The molecule has 1 N–H and O–H groups in total. The summed E-state index contributed by atoms with van der Waals surface area (Å²) in [6.07, 6.45) is 4.54. The maximum Gasteiger partial charge on any atom is 0.244 e. The van der Waals surface area contributed by atoms with Crippen molar-refractivity contribution >= 4 is 5.91 Å². The highest BCUT2D eigenvalue weighted by molar-refractivity contribution is 5.76. The summed E-state index contributed by atoms with van der Waals surface area (Å²) < 4.78 is 6.98. The van der Waals surface area contributed by atoms with Crippen molar-refractivity contribution in [1.29, 1.82) is 0 Å². The van der Waals surface area contributed by atoms with Crippen LogP contribution in [0.1, 0.15) is 6.42 Å². The lowest BCUT2D eigenvalue weighted by atomic mass is 9.85. The van der Waals surface area contributed by atoms with Gasteiger partial charge in [0.1, 0.15) is 12.2 Å². The summed E-state index contributed by atoms with van der Waals surface area (Å²) in [6, 6.07) is 1.82. The van der Waals surface area contributed by atoms with Gasteiger partial charge >= 0.3 is 0 Å². The monoisotopic (exact) mass is 302 g/mol. The van der Waals surface area contributed by atoms with E-state index in [2.05, 4.69) is 20.5 Å². The molecular formula is C14H18N6O2. The molecule has 0 bridgehead atoms. The zero-order valence-corrected chi connectivity index (χ0v) is 12.2. The predicted octanol–water partition coefficient (Wildman–Crippen LogP) is 0.163. The first-order chi connectivity index (χ1) is 10.8. The molecule has 1 unspecified atom stereocenters. The van der Waals surface area contributed by atoms with Crippen molar-refractivity contribution in [3.63, 3.8) is 0 Å². The lowest BCUT2D eigenvalue weighted by molar-refractivity contribution is -0.139. The van der Waals surface area contributed by atoms with Crippen LogP contribution in [-0.2, 0) is 16.1 Å². The highest BCUT2D eigenvalue weighted by atomic mass is 16.5. The second-order valence-corrected chi connectivity index (χ2v) is 5.95. The van der Waals surface area contributed by atoms with Gasteiger partial charge in [-0.25, -0.2) is 4.68 Å². The van der Waals surface area contributed by atoms with E-state index in [0.717, 1.165) is 38.4 Å². The fourth-order valence-corrected chi connectivity index (χ4v) is 3.08. The van der Waals surface area contributed by atoms with Gasteiger partial charge in [-0.2, -0.15) is 5.10 Å². The highest BCUT2D eigenvalue weighted by Crippen LogP contribution is 2.29. The number of H-pyrrole nitrogens is 1. The molecule has 22 heavy (non-hydrogen) atoms. The number of carbonyl (C=O) groups is 1. The number of aromatic amines is 1. The molecule has 2 aromatic heterocycles. The molecule has 0 aromatic carbocycles. The highest BCUT2D eigenvalue weighted by Gasteiger charge is 2.37. The fraction of sp³-hybridized carbons (Fsp3) is 0.571. The molecule has 8 heteroatoms. The van der Waals surface area contributed by atoms with Crippen LogP contribution >= 0.6 is 0 Å². The zero-order chi connectivity index (χ0) is 14.9. The van der Waals surface area contributed by atoms with Gasteiger partial charge in [-0.3, -0.25) is 9.89 Å². The number of aromatic nitrogens is 5. The minimum absolute atomic E-state index is 0.0937. The van der Waals surface area contributed by atoms with Gasteiger partial charge in [0.25, 0.3) is 0 Å². The van der Waals surface area contributed by atoms with Gasteiger partial charge in [0.15, 0.2) is 0 Å². The van der Waals surface area contributed by atoms with Crippen LogP contribution < -0.4 is 0 Å². The van der Waals surface area contributed by atoms with E-state index in [-0.39, 0.29) is 12.5 Å². The number of rotatable bonds is 4. The Kier molecular flexibility index (Phi) is 3.38. The Morgan fingerprint density at radius 3 is 3.05 bits per heavy atom. The minimum Gasteiger partial charge on any atom is -0.381 e. The molecule has 2 aliphatic heterocycles. The maximum absolute atomic E-state index is 12.2. The molecule has 1 atom stereocenters. The largest absolute Gasteiger partial charge is 0.381 e. The zero-order valence-electron chi connectivity index (χ0n) is 12.2. The van der Waals surface area contributed by atoms with Crippen LogP contribution in [0.4, 0.5) is 0 Å². The standard InChI is InChI=1S/C14H18N6O2/c21-14(19-5-11(6-19)10-2-4-22-9-10)8-20-7-13(17-18-20)12-1-3-15-16-12/h1,3,7,10-11H,2,4-6,8-9H2,(H,15,16). The van der Waals surface area contributed by atoms with Gasteiger partial charge in [-0.15, -0.1) is 5.10 Å². The van der Waals surface area contributed by atoms with Gasteiger partial charge in [0.2, 0.25) is 5.91 Å². The average molecular weight is 302 g/mol. The number of carbonyl (C=O) groups excluding carboxylic acids is 1. The van der Waals surface area contributed by atoms with Crippen molar-refractivity contribution in [2.75, 3.05) is 26.3 Å². The van der Waals surface area contributed by atoms with Crippen molar-refractivity contribution in [3.8, 4) is 11.4 Å². The van der Waals surface area contributed by atoms with Crippen LogP contribution in [0, 0.1) is 11.8 Å². The quantitative estimate of drug-likeness (QED) is 0.869. The first kappa shape index (κ1) is 13.4. The Morgan fingerprint density at radius 1 is 1.41 bits per heavy atom. The van der Waals surface area contributed by atoms with Crippen molar-refractivity contribution < 1.29 is 9.53 Å². The Bertz CT molecular complexity index is 640. The Morgan fingerprint density at radius 2 is 2.32 bits per heavy atom. The summed E-state index contributed by atoms with van der Waals surface area (Å²) in [4.78, 5) is 14.1. The third kappa shape index (κ3) is 2.50. The molecule has 0 aliphatic carbocycles. The van der Waals surface area contributed by atoms with Crippen LogP contribution in [0.3, 0.4) is 0 Å². The fourth-order valence-electron chi connectivity index (χ4n) is 3.08. The summed E-state index contributed by atoms with van der Waals surface area (Å²) in [6.45, 7) is 3.63. The summed E-state index contributed by atoms with van der Waals surface area (Å²) in [5, 5.41) is 14.8. The lowest BCUT2D eigenvalue weighted by Gasteiger charge is -2.42. The number of nitrogens with zero attached hydrogens (tertiary/aromatic N) is 5. The van der Waals surface area contributed by atoms with E-state index >= 15 is 0 Å². The third-order valence-electron chi connectivity index (χ3n) is 4.51. The van der Waals surface area contributed by atoms with Crippen molar-refractivity contribution in [2.45, 2.75) is 13.0 Å². The molecule has 0 saturated carbocycles. The number of hydrogen-bond acceptors (Lipinski definition) is 5. The second kappa shape index (κ2) is 5.53. The SMILES string of the molecule is O=C(Cn1cc(-c2ccn[nH]2)nn1)N1CC(C2CCOC2)C1. The van der Waals surface area contributed by atoms with Gasteiger partial charge in [-0.05, 0) is 24.3 Å². The molecule has 2 aromatic rings. The Hall–Kier alpha value is -2.22. The van der Waals surface area contributed by atoms with E-state index < -0.39 is 0 Å². The molecule has 2 aliphatic rings. The molecule has 116 valence electrons. The van der Waals surface area contributed by atoms with E-state index in [1.54, 1.807) is 17.1 Å². The minimum atomic E-state index is 0.0937. The van der Waals surface area contributed by atoms with Crippen LogP contribution in [0.15, 0.2) is 18.5 Å². The second-order valence-electron chi connectivity index (χ2n) is 5.95. The molecule has 0 spiro atoms. The lowest BCUT2D eigenvalue weighted by Crippen LogP contribution is -2.53. The number of amides is 1. The smallest absolute Gasteiger partial charge is 0.244 e. The Labute approximate surface area is 127 Å². The van der Waals surface area contributed by atoms with Gasteiger partial charge in [0, 0.05) is 32.5 Å². The molecule has 8 nitrogen and oxygen atoms in total. The molecule has 1 amide bonds. The van der Waals surface area contributed by atoms with Crippen LogP contribution in [0.5, 0.6) is 0 Å². The molecular weight excluding hydrogens is 284 g/mol. The van der Waals surface area contributed by atoms with Crippen molar-refractivity contribution in [1.82, 2.24) is 30.1 Å². The van der Waals surface area contributed by atoms with Crippen LogP contribution in [-0.4, -0.2) is 62.3 Å². The van der Waals surface area contributed by atoms with Crippen LogP contribution in [0.25, 0.3) is 11.4 Å². The number of nitrogens with one attached hydrogen (secondary N) is 1. The molecule has 0 radical (unpaired) electrons. The normalized spacial score (nSPS) is 22.0. The first-order valence-electron chi connectivity index (χ1n) is 7.55. The topological polar surface area (TPSA) is 88.9 Å². The Balaban J connectivity index is 1.31. The van der Waals surface area contributed by atoms with E-state index in [9.17, 15) is 4.79 Å². The van der Waals surface area contributed by atoms with Crippen molar-refractivity contribution in [2.24, 2.45) is 11.8 Å². The maximum atomic E-state index is 12.2. The van der Waals surface area contributed by atoms with Gasteiger partial charge in [-0.1, -0.05) is 5.21 Å². The third-order valence-corrected chi connectivity index (χ3v) is 4.51. The average Bonchev–Trinajstić information content (AvgIpc) is 3.19. The molecule has 2 fully saturated rings. The predicted molar refractivity (Wildman–Crippen MR) is 76.6 cm³/mol. The number of ether oxygens (including phenoxy) is 1. The van der Waals surface area contributed by atoms with Crippen LogP contribution in [0.2, 0.25) is 0 Å². The first-order valence-corrected chi connectivity index (χ1v) is 7.55. The molecule has 4 heterocycles. The van der Waals surface area contributed by atoms with Gasteiger partial charge < -0.3 is 9.64 Å². The van der Waals surface area contributed by atoms with E-state index in [1.165, 1.54) is 0 Å². The summed E-state index contributed by atoms with van der Waals surface area (Å²) in [5.41, 5.74) is 1.49. The summed E-state index contributed by atoms with van der Waals surface area (Å²) in [7, 11) is 0. The number of likely N-dealkylation sites (tertiary alicyclic amines) is 1.